The predicted octanol–water partition coefficient (Wildman–Crippen LogP) is 1.91. The van der Waals surface area contributed by atoms with Crippen LogP contribution in [-0.4, -0.2) is 23.5 Å². The van der Waals surface area contributed by atoms with Gasteiger partial charge in [0, 0.05) is 13.0 Å². The maximum absolute atomic E-state index is 11.1. The molecule has 0 aliphatic carbocycles. The third-order valence-corrected chi connectivity index (χ3v) is 4.05. The van der Waals surface area contributed by atoms with Gasteiger partial charge < -0.3 is 10.6 Å². The molecule has 1 atom stereocenters. The van der Waals surface area contributed by atoms with Crippen LogP contribution in [0, 0.1) is 6.92 Å². The third-order valence-electron chi connectivity index (χ3n) is 2.92. The van der Waals surface area contributed by atoms with Crippen molar-refractivity contribution in [2.45, 2.75) is 19.4 Å². The van der Waals surface area contributed by atoms with E-state index in [1.54, 1.807) is 11.3 Å². The van der Waals surface area contributed by atoms with Crippen LogP contribution in [0.1, 0.15) is 12.0 Å². The van der Waals surface area contributed by atoms with Crippen LogP contribution in [0.4, 0.5) is 5.13 Å². The fraction of sp³-hybridized carbons (Fsp3) is 0.333. The number of rotatable bonds is 2. The first-order valence-electron chi connectivity index (χ1n) is 5.62. The van der Waals surface area contributed by atoms with Crippen LogP contribution in [0.25, 0.3) is 10.2 Å². The second kappa shape index (κ2) is 4.00. The summed E-state index contributed by atoms with van der Waals surface area (Å²) in [5.41, 5.74) is 2.27. The van der Waals surface area contributed by atoms with E-state index in [-0.39, 0.29) is 11.9 Å². The molecule has 88 valence electrons. The maximum Gasteiger partial charge on any atom is 0.222 e. The zero-order chi connectivity index (χ0) is 11.8. The number of anilines is 1. The zero-order valence-electron chi connectivity index (χ0n) is 9.49. The van der Waals surface area contributed by atoms with Gasteiger partial charge in [-0.2, -0.15) is 0 Å². The summed E-state index contributed by atoms with van der Waals surface area (Å²) in [4.78, 5) is 15.6. The number of benzene rings is 1. The van der Waals surface area contributed by atoms with Gasteiger partial charge in [-0.3, -0.25) is 4.79 Å². The third kappa shape index (κ3) is 1.98. The molecule has 1 aromatic heterocycles. The van der Waals surface area contributed by atoms with Gasteiger partial charge in [-0.15, -0.1) is 0 Å². The van der Waals surface area contributed by atoms with Crippen LogP contribution in [0.2, 0.25) is 0 Å². The van der Waals surface area contributed by atoms with Crippen molar-refractivity contribution in [3.63, 3.8) is 0 Å². The van der Waals surface area contributed by atoms with Crippen molar-refractivity contribution >= 4 is 32.6 Å². The largest absolute Gasteiger partial charge is 0.356 e. The molecule has 3 rings (SSSR count). The van der Waals surface area contributed by atoms with Crippen LogP contribution >= 0.6 is 11.3 Å². The van der Waals surface area contributed by atoms with Crippen LogP contribution in [-0.2, 0) is 4.79 Å². The molecule has 1 fully saturated rings. The molecular weight excluding hydrogens is 234 g/mol. The monoisotopic (exact) mass is 247 g/mol. The highest BCUT2D eigenvalue weighted by Crippen LogP contribution is 2.29. The van der Waals surface area contributed by atoms with Crippen molar-refractivity contribution in [1.82, 2.24) is 10.3 Å². The van der Waals surface area contributed by atoms with Gasteiger partial charge in [-0.05, 0) is 18.6 Å². The van der Waals surface area contributed by atoms with E-state index in [2.05, 4.69) is 28.6 Å². The Morgan fingerprint density at radius 2 is 2.41 bits per heavy atom. The highest BCUT2D eigenvalue weighted by atomic mass is 32.1. The van der Waals surface area contributed by atoms with Gasteiger partial charge >= 0.3 is 0 Å². The Morgan fingerprint density at radius 3 is 3.12 bits per heavy atom. The molecule has 17 heavy (non-hydrogen) atoms. The Kier molecular flexibility index (Phi) is 2.48. The lowest BCUT2D eigenvalue weighted by Crippen LogP contribution is -2.22. The standard InChI is InChI=1S/C12H13N3OS/c1-7-3-2-4-9-11(7)17-12(15-9)14-8-5-10(16)13-6-8/h2-4,8H,5-6H2,1H3,(H,13,16)(H,14,15). The van der Waals surface area contributed by atoms with Gasteiger partial charge in [-0.1, -0.05) is 23.5 Å². The Bertz CT molecular complexity index is 578. The van der Waals surface area contributed by atoms with E-state index in [0.717, 1.165) is 10.6 Å². The molecular formula is C12H13N3OS. The summed E-state index contributed by atoms with van der Waals surface area (Å²) in [6, 6.07) is 6.29. The van der Waals surface area contributed by atoms with Gasteiger partial charge in [0.15, 0.2) is 5.13 Å². The van der Waals surface area contributed by atoms with Crippen molar-refractivity contribution in [3.8, 4) is 0 Å². The highest BCUT2D eigenvalue weighted by Gasteiger charge is 2.22. The molecule has 2 N–H and O–H groups in total. The number of aryl methyl sites for hydroxylation is 1. The predicted molar refractivity (Wildman–Crippen MR) is 69.4 cm³/mol. The Morgan fingerprint density at radius 1 is 1.53 bits per heavy atom. The van der Waals surface area contributed by atoms with E-state index in [4.69, 9.17) is 0 Å². The number of thiazole rings is 1. The summed E-state index contributed by atoms with van der Waals surface area (Å²) in [5.74, 6) is 0.111. The van der Waals surface area contributed by atoms with Crippen molar-refractivity contribution in [2.24, 2.45) is 0 Å². The topological polar surface area (TPSA) is 54.0 Å². The summed E-state index contributed by atoms with van der Waals surface area (Å²) >= 11 is 1.65. The molecule has 1 saturated heterocycles. The van der Waals surface area contributed by atoms with E-state index < -0.39 is 0 Å². The number of fused-ring (bicyclic) bond motifs is 1. The number of hydrogen-bond acceptors (Lipinski definition) is 4. The highest BCUT2D eigenvalue weighted by molar-refractivity contribution is 7.22. The molecule has 0 spiro atoms. The van der Waals surface area contributed by atoms with Crippen LogP contribution < -0.4 is 10.6 Å². The van der Waals surface area contributed by atoms with Crippen LogP contribution in [0.3, 0.4) is 0 Å². The summed E-state index contributed by atoms with van der Waals surface area (Å²) in [5, 5.41) is 7.02. The average molecular weight is 247 g/mol. The second-order valence-corrected chi connectivity index (χ2v) is 5.29. The Labute approximate surface area is 103 Å². The number of nitrogens with one attached hydrogen (secondary N) is 2. The molecule has 2 aromatic rings. The first-order valence-corrected chi connectivity index (χ1v) is 6.43. The normalized spacial score (nSPS) is 19.6. The van der Waals surface area contributed by atoms with Crippen LogP contribution in [0.15, 0.2) is 18.2 Å². The van der Waals surface area contributed by atoms with Gasteiger partial charge in [0.1, 0.15) is 0 Å². The molecule has 0 radical (unpaired) electrons. The second-order valence-electron chi connectivity index (χ2n) is 4.29. The lowest BCUT2D eigenvalue weighted by Gasteiger charge is -2.07. The number of carbonyl (C=O) groups is 1. The van der Waals surface area contributed by atoms with Gasteiger partial charge in [0.2, 0.25) is 5.91 Å². The fourth-order valence-corrected chi connectivity index (χ4v) is 3.04. The summed E-state index contributed by atoms with van der Waals surface area (Å²) < 4.78 is 1.22. The van der Waals surface area contributed by atoms with Crippen molar-refractivity contribution < 1.29 is 4.79 Å². The average Bonchev–Trinajstić information content (AvgIpc) is 2.86. The molecule has 0 saturated carbocycles. The van der Waals surface area contributed by atoms with E-state index in [9.17, 15) is 4.79 Å². The fourth-order valence-electron chi connectivity index (χ4n) is 2.03. The number of carbonyl (C=O) groups excluding carboxylic acids is 1. The summed E-state index contributed by atoms with van der Waals surface area (Å²) in [7, 11) is 0. The van der Waals surface area contributed by atoms with E-state index in [1.165, 1.54) is 10.3 Å². The molecule has 2 heterocycles. The quantitative estimate of drug-likeness (QED) is 0.852. The van der Waals surface area contributed by atoms with Gasteiger partial charge in [0.25, 0.3) is 0 Å². The Hall–Kier alpha value is -1.62. The number of nitrogens with zero attached hydrogens (tertiary/aromatic N) is 1. The number of amides is 1. The molecule has 0 bridgehead atoms. The molecule has 4 nitrogen and oxygen atoms in total. The molecule has 5 heteroatoms. The first kappa shape index (κ1) is 10.5. The van der Waals surface area contributed by atoms with Crippen molar-refractivity contribution in [3.05, 3.63) is 23.8 Å². The smallest absolute Gasteiger partial charge is 0.222 e. The lowest BCUT2D eigenvalue weighted by atomic mass is 10.2. The summed E-state index contributed by atoms with van der Waals surface area (Å²) in [6.07, 6.45) is 0.537. The minimum absolute atomic E-state index is 0.111. The number of aromatic nitrogens is 1. The van der Waals surface area contributed by atoms with Crippen molar-refractivity contribution in [2.75, 3.05) is 11.9 Å². The SMILES string of the molecule is Cc1cccc2nc(NC3CNC(=O)C3)sc12. The molecule has 1 aliphatic rings. The first-order chi connectivity index (χ1) is 8.22. The maximum atomic E-state index is 11.1. The molecule has 1 amide bonds. The minimum atomic E-state index is 0.111. The van der Waals surface area contributed by atoms with Crippen LogP contribution in [0.5, 0.6) is 0 Å². The zero-order valence-corrected chi connectivity index (χ0v) is 10.3. The van der Waals surface area contributed by atoms with Gasteiger partial charge in [-0.25, -0.2) is 4.98 Å². The van der Waals surface area contributed by atoms with Gasteiger partial charge in [0.05, 0.1) is 16.3 Å². The Balaban J connectivity index is 1.86. The minimum Gasteiger partial charge on any atom is -0.356 e. The van der Waals surface area contributed by atoms with E-state index in [1.807, 2.05) is 12.1 Å². The molecule has 1 unspecified atom stereocenters. The molecule has 1 aliphatic heterocycles. The molecule has 1 aromatic carbocycles. The van der Waals surface area contributed by atoms with E-state index in [0.29, 0.717) is 13.0 Å². The van der Waals surface area contributed by atoms with E-state index >= 15 is 0 Å². The number of hydrogen-bond donors (Lipinski definition) is 2. The summed E-state index contributed by atoms with van der Waals surface area (Å²) in [6.45, 7) is 2.78. The lowest BCUT2D eigenvalue weighted by molar-refractivity contribution is -0.119. The van der Waals surface area contributed by atoms with Crippen molar-refractivity contribution in [1.29, 1.82) is 0 Å².